The molecular weight excluding hydrogens is 319 g/mol. The molecule has 4 nitrogen and oxygen atoms in total. The number of hydrogen-bond acceptors (Lipinski definition) is 3. The van der Waals surface area contributed by atoms with Crippen LogP contribution in [0.2, 0.25) is 5.02 Å². The molecule has 3 rings (SSSR count). The number of rotatable bonds is 3. The molecule has 0 bridgehead atoms. The van der Waals surface area contributed by atoms with Crippen molar-refractivity contribution in [3.05, 3.63) is 58.1 Å². The van der Waals surface area contributed by atoms with E-state index in [0.29, 0.717) is 34.8 Å². The molecular formula is C17H16ClFN2O2. The van der Waals surface area contributed by atoms with Crippen LogP contribution in [0.25, 0.3) is 0 Å². The highest BCUT2D eigenvalue weighted by atomic mass is 35.5. The van der Waals surface area contributed by atoms with Gasteiger partial charge in [-0.1, -0.05) is 11.6 Å². The first-order valence-electron chi connectivity index (χ1n) is 7.29. The smallest absolute Gasteiger partial charge is 0.258 e. The Morgan fingerprint density at radius 1 is 1.39 bits per heavy atom. The highest BCUT2D eigenvalue weighted by Crippen LogP contribution is 2.33. The molecule has 1 amide bonds. The summed E-state index contributed by atoms with van der Waals surface area (Å²) in [5.41, 5.74) is 2.28. The van der Waals surface area contributed by atoms with Crippen LogP contribution in [0.4, 0.5) is 10.1 Å². The highest BCUT2D eigenvalue weighted by molar-refractivity contribution is 6.30. The number of halogens is 2. The Bertz CT molecular complexity index is 766. The highest BCUT2D eigenvalue weighted by Gasteiger charge is 2.29. The summed E-state index contributed by atoms with van der Waals surface area (Å²) in [6, 6.07) is 5.19. The van der Waals surface area contributed by atoms with Crippen molar-refractivity contribution >= 4 is 23.2 Å². The van der Waals surface area contributed by atoms with Crippen molar-refractivity contribution in [2.24, 2.45) is 0 Å². The number of benzene rings is 1. The summed E-state index contributed by atoms with van der Waals surface area (Å²) in [4.78, 5) is 18.2. The molecule has 0 radical (unpaired) electrons. The van der Waals surface area contributed by atoms with Gasteiger partial charge in [0.15, 0.2) is 0 Å². The monoisotopic (exact) mass is 334 g/mol. The SMILES string of the molecule is COC(C)c1c(F)cncc1N1CCc2cc(Cl)ccc2C1=O. The van der Waals surface area contributed by atoms with Crippen LogP contribution in [0, 0.1) is 5.82 Å². The number of carbonyl (C=O) groups excluding carboxylic acids is 1. The number of pyridine rings is 1. The van der Waals surface area contributed by atoms with Gasteiger partial charge in [-0.25, -0.2) is 4.39 Å². The predicted octanol–water partition coefficient (Wildman–Crippen LogP) is 3.78. The first-order valence-corrected chi connectivity index (χ1v) is 7.67. The van der Waals surface area contributed by atoms with E-state index >= 15 is 0 Å². The van der Waals surface area contributed by atoms with Crippen LogP contribution in [0.3, 0.4) is 0 Å². The van der Waals surface area contributed by atoms with Gasteiger partial charge in [-0.05, 0) is 37.1 Å². The number of hydrogen-bond donors (Lipinski definition) is 0. The van der Waals surface area contributed by atoms with Crippen LogP contribution < -0.4 is 4.90 Å². The third kappa shape index (κ3) is 2.82. The molecule has 1 atom stereocenters. The summed E-state index contributed by atoms with van der Waals surface area (Å²) in [5, 5.41) is 0.603. The third-order valence-corrected chi connectivity index (χ3v) is 4.35. The third-order valence-electron chi connectivity index (χ3n) is 4.12. The van der Waals surface area contributed by atoms with Crippen LogP contribution in [0.15, 0.2) is 30.6 Å². The number of amides is 1. The fraction of sp³-hybridized carbons (Fsp3) is 0.294. The van der Waals surface area contributed by atoms with E-state index in [1.807, 2.05) is 0 Å². The average molecular weight is 335 g/mol. The predicted molar refractivity (Wildman–Crippen MR) is 86.5 cm³/mol. The summed E-state index contributed by atoms with van der Waals surface area (Å²) >= 11 is 5.98. The Labute approximate surface area is 138 Å². The van der Waals surface area contributed by atoms with Gasteiger partial charge in [-0.3, -0.25) is 9.78 Å². The molecule has 0 spiro atoms. The van der Waals surface area contributed by atoms with Crippen molar-refractivity contribution < 1.29 is 13.9 Å². The minimum atomic E-state index is -0.480. The Morgan fingerprint density at radius 2 is 2.17 bits per heavy atom. The lowest BCUT2D eigenvalue weighted by atomic mass is 9.97. The van der Waals surface area contributed by atoms with Crippen LogP contribution in [-0.2, 0) is 11.2 Å². The Balaban J connectivity index is 2.06. The molecule has 1 aromatic heterocycles. The molecule has 23 heavy (non-hydrogen) atoms. The van der Waals surface area contributed by atoms with Crippen LogP contribution in [0.1, 0.15) is 34.5 Å². The molecule has 0 aliphatic carbocycles. The van der Waals surface area contributed by atoms with Gasteiger partial charge in [0, 0.05) is 29.8 Å². The second-order valence-electron chi connectivity index (χ2n) is 5.44. The Kier molecular flexibility index (Phi) is 4.33. The molecule has 1 aliphatic rings. The average Bonchev–Trinajstić information content (AvgIpc) is 2.54. The van der Waals surface area contributed by atoms with E-state index in [9.17, 15) is 9.18 Å². The number of aromatic nitrogens is 1. The van der Waals surface area contributed by atoms with E-state index in [0.717, 1.165) is 11.8 Å². The van der Waals surface area contributed by atoms with Gasteiger partial charge < -0.3 is 9.64 Å². The van der Waals surface area contributed by atoms with Gasteiger partial charge in [0.2, 0.25) is 0 Å². The van der Waals surface area contributed by atoms with E-state index in [4.69, 9.17) is 16.3 Å². The maximum Gasteiger partial charge on any atom is 0.258 e. The first-order chi connectivity index (χ1) is 11.0. The number of methoxy groups -OCH3 is 1. The standard InChI is InChI=1S/C17H16ClFN2O2/c1-10(23-2)16-14(19)8-20-9-15(16)21-6-5-11-7-12(18)3-4-13(11)17(21)22/h3-4,7-10H,5-6H2,1-2H3. The van der Waals surface area contributed by atoms with E-state index < -0.39 is 11.9 Å². The Hall–Kier alpha value is -1.98. The molecule has 2 aromatic rings. The topological polar surface area (TPSA) is 42.4 Å². The Morgan fingerprint density at radius 3 is 2.91 bits per heavy atom. The summed E-state index contributed by atoms with van der Waals surface area (Å²) < 4.78 is 19.5. The van der Waals surface area contributed by atoms with E-state index in [-0.39, 0.29) is 5.91 Å². The van der Waals surface area contributed by atoms with Gasteiger partial charge in [0.05, 0.1) is 24.2 Å². The number of fused-ring (bicyclic) bond motifs is 1. The van der Waals surface area contributed by atoms with Crippen molar-refractivity contribution in [2.75, 3.05) is 18.6 Å². The number of nitrogens with zero attached hydrogens (tertiary/aromatic N) is 2. The maximum absolute atomic E-state index is 14.2. The van der Waals surface area contributed by atoms with Gasteiger partial charge in [0.1, 0.15) is 5.82 Å². The molecule has 6 heteroatoms. The lowest BCUT2D eigenvalue weighted by molar-refractivity contribution is 0.0976. The second-order valence-corrected chi connectivity index (χ2v) is 5.88. The van der Waals surface area contributed by atoms with Crippen molar-refractivity contribution in [1.29, 1.82) is 0 Å². The van der Waals surface area contributed by atoms with Crippen molar-refractivity contribution in [3.8, 4) is 0 Å². The van der Waals surface area contributed by atoms with Crippen LogP contribution in [0.5, 0.6) is 0 Å². The van der Waals surface area contributed by atoms with E-state index in [1.165, 1.54) is 13.3 Å². The zero-order valence-electron chi connectivity index (χ0n) is 12.8. The number of carbonyl (C=O) groups is 1. The summed E-state index contributed by atoms with van der Waals surface area (Å²) in [6.07, 6.45) is 2.81. The number of ether oxygens (including phenoxy) is 1. The van der Waals surface area contributed by atoms with Crippen LogP contribution >= 0.6 is 11.6 Å². The van der Waals surface area contributed by atoms with Crippen molar-refractivity contribution in [3.63, 3.8) is 0 Å². The minimum Gasteiger partial charge on any atom is -0.377 e. The fourth-order valence-electron chi connectivity index (χ4n) is 2.86. The van der Waals surface area contributed by atoms with E-state index in [1.54, 1.807) is 30.0 Å². The van der Waals surface area contributed by atoms with Crippen LogP contribution in [-0.4, -0.2) is 24.5 Å². The lowest BCUT2D eigenvalue weighted by Crippen LogP contribution is -2.38. The summed E-state index contributed by atoms with van der Waals surface area (Å²) in [5.74, 6) is -0.661. The second kappa shape index (κ2) is 6.26. The van der Waals surface area contributed by atoms with Gasteiger partial charge in [0.25, 0.3) is 5.91 Å². The van der Waals surface area contributed by atoms with Gasteiger partial charge in [-0.2, -0.15) is 0 Å². The molecule has 1 aromatic carbocycles. The zero-order chi connectivity index (χ0) is 16.6. The molecule has 0 saturated carbocycles. The molecule has 0 fully saturated rings. The van der Waals surface area contributed by atoms with E-state index in [2.05, 4.69) is 4.98 Å². The molecule has 0 saturated heterocycles. The lowest BCUT2D eigenvalue weighted by Gasteiger charge is -2.31. The number of anilines is 1. The zero-order valence-corrected chi connectivity index (χ0v) is 13.6. The fourth-order valence-corrected chi connectivity index (χ4v) is 3.05. The normalized spacial score (nSPS) is 15.5. The largest absolute Gasteiger partial charge is 0.377 e. The quantitative estimate of drug-likeness (QED) is 0.857. The summed E-state index contributed by atoms with van der Waals surface area (Å²) in [7, 11) is 1.50. The minimum absolute atomic E-state index is 0.181. The summed E-state index contributed by atoms with van der Waals surface area (Å²) in [6.45, 7) is 2.19. The maximum atomic E-state index is 14.2. The first kappa shape index (κ1) is 15.9. The van der Waals surface area contributed by atoms with Crippen molar-refractivity contribution in [1.82, 2.24) is 4.98 Å². The van der Waals surface area contributed by atoms with Gasteiger partial charge >= 0.3 is 0 Å². The molecule has 1 aliphatic heterocycles. The molecule has 0 N–H and O–H groups in total. The molecule has 1 unspecified atom stereocenters. The molecule has 2 heterocycles. The van der Waals surface area contributed by atoms with Crippen molar-refractivity contribution in [2.45, 2.75) is 19.4 Å². The molecule has 120 valence electrons. The van der Waals surface area contributed by atoms with Gasteiger partial charge in [-0.15, -0.1) is 0 Å².